The van der Waals surface area contributed by atoms with Gasteiger partial charge in [0.05, 0.1) is 26.4 Å². The maximum absolute atomic E-state index is 13.0. The van der Waals surface area contributed by atoms with E-state index in [0.29, 0.717) is 31.6 Å². The predicted octanol–water partition coefficient (Wildman–Crippen LogP) is 20.9. The minimum Gasteiger partial charge on any atom is -0.462 e. The van der Waals surface area contributed by atoms with E-state index >= 15 is 0 Å². The monoisotopic (exact) mass is 1350 g/mol. The maximum Gasteiger partial charge on any atom is 0.472 e. The molecule has 0 radical (unpaired) electrons. The Morgan fingerprint density at radius 1 is 0.304 bits per heavy atom. The Labute approximate surface area is 562 Å². The van der Waals surface area contributed by atoms with Gasteiger partial charge in [-0.15, -0.1) is 0 Å². The summed E-state index contributed by atoms with van der Waals surface area (Å²) < 4.78 is 68.4. The lowest BCUT2D eigenvalue weighted by Gasteiger charge is -2.21. The minimum absolute atomic E-state index is 0.105. The van der Waals surface area contributed by atoms with Crippen LogP contribution in [0.15, 0.2) is 0 Å². The van der Waals surface area contributed by atoms with Crippen molar-refractivity contribution in [2.75, 3.05) is 39.6 Å². The summed E-state index contributed by atoms with van der Waals surface area (Å²) in [6.45, 7) is 14.1. The van der Waals surface area contributed by atoms with E-state index in [-0.39, 0.29) is 25.7 Å². The standard InChI is InChI=1S/C73H142O17P2/c1-9-66(8)52-44-36-27-21-16-17-23-30-40-48-56-73(78)89-68(59-83-70(75)53-45-37-28-24-18-20-26-34-42-50-64(4)5)61-87-91(79,80)85-57-67(74)58-86-92(81,82)88-62-69(60-84-71(76)54-46-38-32-31-35-43-51-65(6)7)90-72(77)55-47-39-29-22-15-13-11-10-12-14-19-25-33-41-49-63(2)3/h63-69,74H,9-62H2,1-8H3,(H,79,80)(H,81,82)/t66?,67-,68-,69-/m1/s1. The zero-order chi connectivity index (χ0) is 68.2. The molecule has 0 fully saturated rings. The average Bonchev–Trinajstić information content (AvgIpc) is 2.95. The molecule has 0 aromatic heterocycles. The third-order valence-electron chi connectivity index (χ3n) is 17.2. The molecular formula is C73H142O17P2. The summed E-state index contributed by atoms with van der Waals surface area (Å²) in [6.07, 6.45) is 45.9. The first-order valence-electron chi connectivity index (χ1n) is 37.7. The molecule has 3 N–H and O–H groups in total. The number of carbonyl (C=O) groups is 4. The molecule has 92 heavy (non-hydrogen) atoms. The van der Waals surface area contributed by atoms with Gasteiger partial charge in [0.1, 0.15) is 19.3 Å². The lowest BCUT2D eigenvalue weighted by Crippen LogP contribution is -2.30. The Morgan fingerprint density at radius 2 is 0.522 bits per heavy atom. The van der Waals surface area contributed by atoms with Crippen LogP contribution >= 0.6 is 15.6 Å². The third kappa shape index (κ3) is 65.4. The fourth-order valence-corrected chi connectivity index (χ4v) is 12.6. The number of aliphatic hydroxyl groups excluding tert-OH is 1. The van der Waals surface area contributed by atoms with Gasteiger partial charge >= 0.3 is 39.5 Å². The second-order valence-corrected chi connectivity index (χ2v) is 30.9. The number of carbonyl (C=O) groups excluding carboxylic acids is 4. The smallest absolute Gasteiger partial charge is 0.462 e. The van der Waals surface area contributed by atoms with Crippen LogP contribution in [0, 0.1) is 23.7 Å². The highest BCUT2D eigenvalue weighted by atomic mass is 31.2. The van der Waals surface area contributed by atoms with Gasteiger partial charge in [0.15, 0.2) is 12.2 Å². The van der Waals surface area contributed by atoms with E-state index in [4.69, 9.17) is 37.0 Å². The topological polar surface area (TPSA) is 237 Å². The number of unbranched alkanes of at least 4 members (excludes halogenated alkanes) is 35. The Bertz CT molecular complexity index is 1820. The van der Waals surface area contributed by atoms with Crippen LogP contribution < -0.4 is 0 Å². The number of esters is 4. The van der Waals surface area contributed by atoms with Crippen LogP contribution in [0.5, 0.6) is 0 Å². The van der Waals surface area contributed by atoms with Crippen molar-refractivity contribution in [3.63, 3.8) is 0 Å². The van der Waals surface area contributed by atoms with E-state index in [2.05, 4.69) is 55.4 Å². The van der Waals surface area contributed by atoms with Crippen LogP contribution in [0.3, 0.4) is 0 Å². The van der Waals surface area contributed by atoms with Gasteiger partial charge in [-0.05, 0) is 49.4 Å². The highest BCUT2D eigenvalue weighted by Crippen LogP contribution is 2.45. The van der Waals surface area contributed by atoms with Gasteiger partial charge in [-0.1, -0.05) is 312 Å². The summed E-state index contributed by atoms with van der Waals surface area (Å²) in [5.74, 6) is 0.895. The summed E-state index contributed by atoms with van der Waals surface area (Å²) >= 11 is 0. The molecule has 0 aliphatic rings. The van der Waals surface area contributed by atoms with Crippen LogP contribution in [0.25, 0.3) is 0 Å². The molecule has 19 heteroatoms. The number of hydrogen-bond donors (Lipinski definition) is 3. The van der Waals surface area contributed by atoms with E-state index in [0.717, 1.165) is 114 Å². The molecule has 0 amide bonds. The van der Waals surface area contributed by atoms with E-state index in [1.807, 2.05) is 0 Å². The first-order valence-corrected chi connectivity index (χ1v) is 40.7. The third-order valence-corrected chi connectivity index (χ3v) is 19.1. The molecular weight excluding hydrogens is 1210 g/mol. The van der Waals surface area contributed by atoms with Crippen molar-refractivity contribution >= 4 is 39.5 Å². The van der Waals surface area contributed by atoms with E-state index in [1.54, 1.807) is 0 Å². The molecule has 0 spiro atoms. The fourth-order valence-electron chi connectivity index (χ4n) is 11.0. The molecule has 546 valence electrons. The lowest BCUT2D eigenvalue weighted by atomic mass is 9.99. The average molecular weight is 1350 g/mol. The molecule has 0 aromatic carbocycles. The summed E-state index contributed by atoms with van der Waals surface area (Å²) in [5.41, 5.74) is 0. The van der Waals surface area contributed by atoms with Gasteiger partial charge in [0.25, 0.3) is 0 Å². The van der Waals surface area contributed by atoms with E-state index < -0.39 is 97.5 Å². The maximum atomic E-state index is 13.0. The number of phosphoric ester groups is 2. The van der Waals surface area contributed by atoms with Gasteiger partial charge in [0, 0.05) is 25.7 Å². The number of phosphoric acid groups is 2. The zero-order valence-electron chi connectivity index (χ0n) is 60.2. The van der Waals surface area contributed by atoms with Crippen LogP contribution in [0.4, 0.5) is 0 Å². The van der Waals surface area contributed by atoms with Crippen LogP contribution in [0.1, 0.15) is 364 Å². The van der Waals surface area contributed by atoms with Crippen molar-refractivity contribution in [1.82, 2.24) is 0 Å². The van der Waals surface area contributed by atoms with Crippen LogP contribution in [-0.4, -0.2) is 96.7 Å². The lowest BCUT2D eigenvalue weighted by molar-refractivity contribution is -0.161. The number of aliphatic hydroxyl groups is 1. The molecule has 0 aliphatic heterocycles. The van der Waals surface area contributed by atoms with Crippen molar-refractivity contribution in [3.05, 3.63) is 0 Å². The highest BCUT2D eigenvalue weighted by Gasteiger charge is 2.30. The first-order chi connectivity index (χ1) is 44.1. The number of ether oxygens (including phenoxy) is 4. The summed E-state index contributed by atoms with van der Waals surface area (Å²) in [4.78, 5) is 72.6. The molecule has 0 saturated carbocycles. The van der Waals surface area contributed by atoms with Crippen molar-refractivity contribution in [1.29, 1.82) is 0 Å². The SMILES string of the molecule is CCC(C)CCCCCCCCCCCCC(=O)O[C@H](COC(=O)CCCCCCCCCCCC(C)C)COP(=O)(O)OC[C@@H](O)COP(=O)(O)OC[C@@H](COC(=O)CCCCCCCCC(C)C)OC(=O)CCCCCCCCCCCCCCCCC(C)C. The Kier molecular flexibility index (Phi) is 61.3. The minimum atomic E-state index is -4.95. The number of hydrogen-bond acceptors (Lipinski definition) is 15. The highest BCUT2D eigenvalue weighted by molar-refractivity contribution is 7.47. The second-order valence-electron chi connectivity index (χ2n) is 28.0. The van der Waals surface area contributed by atoms with Crippen molar-refractivity contribution in [3.8, 4) is 0 Å². The van der Waals surface area contributed by atoms with E-state index in [1.165, 1.54) is 161 Å². The van der Waals surface area contributed by atoms with Crippen molar-refractivity contribution in [2.45, 2.75) is 382 Å². The molecule has 0 saturated heterocycles. The Hall–Kier alpha value is -1.94. The van der Waals surface area contributed by atoms with Crippen molar-refractivity contribution in [2.24, 2.45) is 23.7 Å². The second kappa shape index (κ2) is 62.6. The van der Waals surface area contributed by atoms with E-state index in [9.17, 15) is 43.2 Å². The quantitative estimate of drug-likeness (QED) is 0.0222. The molecule has 0 rings (SSSR count). The molecule has 0 aliphatic carbocycles. The molecule has 0 bridgehead atoms. The number of rotatable bonds is 70. The van der Waals surface area contributed by atoms with Crippen LogP contribution in [-0.2, 0) is 65.4 Å². The fraction of sp³-hybridized carbons (Fsp3) is 0.945. The Morgan fingerprint density at radius 3 is 0.772 bits per heavy atom. The molecule has 17 nitrogen and oxygen atoms in total. The summed E-state index contributed by atoms with van der Waals surface area (Å²) in [6, 6.07) is 0. The first kappa shape index (κ1) is 90.1. The van der Waals surface area contributed by atoms with Gasteiger partial charge in [-0.25, -0.2) is 9.13 Å². The zero-order valence-corrected chi connectivity index (χ0v) is 62.0. The summed E-state index contributed by atoms with van der Waals surface area (Å²) in [5, 5.41) is 10.6. The molecule has 3 unspecified atom stereocenters. The van der Waals surface area contributed by atoms with Gasteiger partial charge in [0.2, 0.25) is 0 Å². The van der Waals surface area contributed by atoms with Gasteiger partial charge < -0.3 is 33.8 Å². The van der Waals surface area contributed by atoms with Crippen LogP contribution in [0.2, 0.25) is 0 Å². The normalized spacial score (nSPS) is 14.5. The van der Waals surface area contributed by atoms with Gasteiger partial charge in [-0.3, -0.25) is 37.3 Å². The molecule has 0 aromatic rings. The largest absolute Gasteiger partial charge is 0.472 e. The van der Waals surface area contributed by atoms with Crippen molar-refractivity contribution < 1.29 is 80.2 Å². The Balaban J connectivity index is 5.23. The van der Waals surface area contributed by atoms with Gasteiger partial charge in [-0.2, -0.15) is 0 Å². The molecule has 0 heterocycles. The summed E-state index contributed by atoms with van der Waals surface area (Å²) in [7, 11) is -9.91. The predicted molar refractivity (Wildman–Crippen MR) is 372 cm³/mol. The molecule has 6 atom stereocenters.